The second kappa shape index (κ2) is 54.5. The molecule has 3 saturated carbocycles. The Balaban J connectivity index is 0.000000198. The Kier molecular flexibility index (Phi) is 44.4. The van der Waals surface area contributed by atoms with Crippen molar-refractivity contribution in [2.24, 2.45) is 57.5 Å². The van der Waals surface area contributed by atoms with Gasteiger partial charge in [-0.2, -0.15) is 0 Å². The lowest BCUT2D eigenvalue weighted by Crippen LogP contribution is -2.70. The number of alkyl carbamates (subject to hydrolysis) is 2. The summed E-state index contributed by atoms with van der Waals surface area (Å²) in [6.07, 6.45) is -51.9. The zero-order valence-electron chi connectivity index (χ0n) is 81.9. The quantitative estimate of drug-likeness (QED) is 0.0266. The van der Waals surface area contributed by atoms with Gasteiger partial charge in [-0.15, -0.1) is 0 Å². The summed E-state index contributed by atoms with van der Waals surface area (Å²) in [5, 5.41) is 215. The zero-order chi connectivity index (χ0) is 109. The SMILES string of the molecule is CNC1C(O[C@H]2OC(CO)[C@@H](NC(=O)[C@@H](O)CN)[C@H](O)C2O)O[C@H]2C[C@H](N)[C@@H](O[C@@H]3C(N)C[C@@H](N)C(O)[C@H]3O)OC2C1O.CNC1C(O[C@H]2OC(CO)[C@@H](NC(=O)[C@H](O)CN)[C@H](O)C2O)O[C@H]2C[C@H](N)[C@@H](O[C@@H]3C(N)C[C@@H](N)C(O)[C@H]3O)OC2C1O.C[C@H]1C[C@@H]2OC(O[C@H]3OC(CO)[C@@H](N)[C@H](O)C3O)C3C(OC(=O)N3C)C2O[C@@H]1O[C@@H]1C(NC(=O)OCc2ccccc2)C[C@@H](NC(=O)OCc2ccccc2)C(O)[C@H]1O.[B]B([B])[B]. The van der Waals surface area contributed by atoms with E-state index < -0.39 is 394 Å². The van der Waals surface area contributed by atoms with Crippen molar-refractivity contribution in [3.05, 3.63) is 71.8 Å². The molecule has 5 amide bonds. The van der Waals surface area contributed by atoms with E-state index in [2.05, 4.69) is 55.1 Å². The summed E-state index contributed by atoms with van der Waals surface area (Å²) in [7, 11) is 18.5. The third-order valence-corrected chi connectivity index (χ3v) is 28.5. The molecule has 13 aliphatic rings. The van der Waals surface area contributed by atoms with Gasteiger partial charge in [-0.1, -0.05) is 67.6 Å². The fourth-order valence-corrected chi connectivity index (χ4v) is 20.1. The van der Waals surface area contributed by atoms with Crippen LogP contribution in [-0.2, 0) is 108 Å². The normalized spacial score (nSPS) is 44.4. The maximum atomic E-state index is 13.2. The maximum absolute atomic E-state index is 13.2. The molecule has 6 radical (unpaired) electrons. The van der Waals surface area contributed by atoms with Crippen LogP contribution in [0.3, 0.4) is 0 Å². The smallest absolute Gasteiger partial charge is 0.410 e. The molecule has 24 unspecified atom stereocenters. The highest BCUT2D eigenvalue weighted by atomic mass is 16.8. The predicted molar refractivity (Wildman–Crippen MR) is 505 cm³/mol. The monoisotopic (exact) mass is 2130 g/mol. The van der Waals surface area contributed by atoms with Gasteiger partial charge < -0.3 is 266 Å². The molecule has 0 spiro atoms. The Labute approximate surface area is 859 Å². The average molecular weight is 2130 g/mol. The number of nitrogens with one attached hydrogen (secondary N) is 6. The van der Waals surface area contributed by atoms with Crippen LogP contribution in [0, 0.1) is 5.92 Å². The van der Waals surface area contributed by atoms with Crippen LogP contribution in [0.15, 0.2) is 60.7 Å². The second-order valence-electron chi connectivity index (χ2n) is 39.1. The Morgan fingerprint density at radius 1 is 0.396 bits per heavy atom. The number of aliphatic hydroxyl groups is 19. The lowest BCUT2D eigenvalue weighted by molar-refractivity contribution is -0.375. The number of carbonyl (C=O) groups excluding carboxylic acids is 5. The molecule has 10 aliphatic heterocycles. The molecule has 10 heterocycles. The molecular weight excluding hydrogens is 1980 g/mol. The standard InChI is InChI=1S/C39H52N4O16.2C24H46N6O13.B4/c1-18-13-23-32(33-26(43(2)39(51)58-33)35(54-23)59-36-30(48)28(46)25(40)24(15-44)55-36)57-34(18)56-31-22(42-38(50)53-17-20-11-7-4-8-12-20)14-21(27(45)29(31)47)41-37(49)52-16-19-9-5-3-6-10-19;2*1-29-13-16(35)20-10(3-8(28)22(42-20)41-19-7(27)2-6(26)14(33)17(19)36)39-23(13)43-24-18(37)15(34)12(11(5-31)40-24)30-21(38)9(32)4-25;1-4(2)3/h3-12,18,21-36,44-48H,13-17,40H2,1-2H3,(H,41,49)(H,42,50);2*6-20,22-24,29,31-37H,2-5,25-28H2,1H3,(H,30,38);/t18-,21+,22?,23-,24?,25+,26?,27?,28-,29+,30?,31+,32?,33?,34-,35?,36+;6-,7?,8+,9+,10+,11?,12-,13?,14?,15+,16?,17-,18?,19-,20?,22+,23?,24-;6-,7?,8+,9-,10+,11?,12-,13?,14?,15+,16?,17-,18?,19-,20?,22+,23?,24-;/m011./s1. The van der Waals surface area contributed by atoms with Crippen LogP contribution in [0.4, 0.5) is 14.4 Å². The summed E-state index contributed by atoms with van der Waals surface area (Å²) in [5.41, 5.74) is 54.4. The predicted octanol–water partition coefficient (Wildman–Crippen LogP) is -19.3. The van der Waals surface area contributed by atoms with E-state index in [1.807, 2.05) is 12.1 Å². The largest absolute Gasteiger partial charge is 0.445 e. The van der Waals surface area contributed by atoms with Crippen molar-refractivity contribution in [2.75, 3.05) is 54.1 Å². The van der Waals surface area contributed by atoms with E-state index in [0.717, 1.165) is 11.1 Å². The minimum Gasteiger partial charge on any atom is -0.445 e. The van der Waals surface area contributed by atoms with Crippen molar-refractivity contribution in [3.63, 3.8) is 0 Å². The third-order valence-electron chi connectivity index (χ3n) is 28.5. The lowest BCUT2D eigenvalue weighted by Gasteiger charge is -2.51. The molecule has 2 aromatic carbocycles. The average Bonchev–Trinajstić information content (AvgIpc) is 1.58. The van der Waals surface area contributed by atoms with Gasteiger partial charge in [0.1, 0.15) is 160 Å². The number of benzene rings is 2. The Bertz CT molecular complexity index is 4330. The molecule has 0 bridgehead atoms. The molecule has 15 rings (SSSR count). The summed E-state index contributed by atoms with van der Waals surface area (Å²) >= 11 is 0. The highest BCUT2D eigenvalue weighted by molar-refractivity contribution is 7.49. The number of likely N-dealkylation sites (N-methyl/N-ethyl adjacent to an activating group) is 3. The number of fused-ring (bicyclic) bond motifs is 5. The van der Waals surface area contributed by atoms with E-state index in [0.29, 0.717) is 0 Å². The van der Waals surface area contributed by atoms with Crippen LogP contribution in [-0.4, -0.2) is 534 Å². The van der Waals surface area contributed by atoms with E-state index in [1.165, 1.54) is 26.0 Å². The number of amides is 5. The van der Waals surface area contributed by atoms with Crippen LogP contribution in [0.2, 0.25) is 0 Å². The Hall–Kier alpha value is -6.35. The molecule has 13 fully saturated rings. The van der Waals surface area contributed by atoms with Crippen molar-refractivity contribution < 1.29 is 206 Å². The molecule has 58 nitrogen and oxygen atoms in total. The van der Waals surface area contributed by atoms with E-state index in [9.17, 15) is 121 Å². The van der Waals surface area contributed by atoms with E-state index in [1.54, 1.807) is 55.5 Å². The molecular formula is C87H144B4N16O42. The summed E-state index contributed by atoms with van der Waals surface area (Å²) in [5.74, 6) is -2.34. The molecule has 0 aromatic heterocycles. The first-order valence-corrected chi connectivity index (χ1v) is 49.0. The number of nitrogens with two attached hydrogens (primary N) is 9. The van der Waals surface area contributed by atoms with Crippen LogP contribution in [0.1, 0.15) is 56.6 Å². The van der Waals surface area contributed by atoms with E-state index in [-0.39, 0.29) is 51.7 Å². The number of ether oxygens (including phenoxy) is 18. The Morgan fingerprint density at radius 2 is 0.772 bits per heavy atom. The van der Waals surface area contributed by atoms with Gasteiger partial charge >= 0.3 is 18.3 Å². The molecule has 3 aliphatic carbocycles. The highest BCUT2D eigenvalue weighted by Gasteiger charge is 2.64. The van der Waals surface area contributed by atoms with Crippen molar-refractivity contribution in [3.8, 4) is 0 Å². The van der Waals surface area contributed by atoms with E-state index >= 15 is 0 Å². The van der Waals surface area contributed by atoms with Crippen LogP contribution in [0.5, 0.6) is 0 Å². The lowest BCUT2D eigenvalue weighted by atomic mass is 9.08. The summed E-state index contributed by atoms with van der Waals surface area (Å²) in [6, 6.07) is 4.67. The first kappa shape index (κ1) is 121. The molecule has 53 atom stereocenters. The van der Waals surface area contributed by atoms with Crippen LogP contribution in [0.25, 0.3) is 0 Å². The molecule has 836 valence electrons. The van der Waals surface area contributed by atoms with Crippen molar-refractivity contribution in [1.29, 1.82) is 0 Å². The second-order valence-corrected chi connectivity index (χ2v) is 39.1. The van der Waals surface area contributed by atoms with Gasteiger partial charge in [-0.05, 0) is 63.7 Å². The summed E-state index contributed by atoms with van der Waals surface area (Å²) < 4.78 is 106. The molecule has 43 N–H and O–H groups in total. The van der Waals surface area contributed by atoms with Crippen LogP contribution < -0.4 is 83.5 Å². The summed E-state index contributed by atoms with van der Waals surface area (Å²) in [6.45, 7) is -1.06. The summed E-state index contributed by atoms with van der Waals surface area (Å²) in [4.78, 5) is 64.4. The van der Waals surface area contributed by atoms with Gasteiger partial charge in [0.05, 0.1) is 105 Å². The number of carbonyl (C=O) groups is 5. The number of hydrogen-bond donors (Lipinski definition) is 34. The number of hydrogen-bond acceptors (Lipinski definition) is 53. The third kappa shape index (κ3) is 28.8. The first-order valence-electron chi connectivity index (χ1n) is 49.0. The maximum Gasteiger partial charge on any atom is 0.410 e. The van der Waals surface area contributed by atoms with Gasteiger partial charge in [0.15, 0.2) is 62.7 Å². The van der Waals surface area contributed by atoms with Crippen molar-refractivity contribution >= 4 is 59.7 Å². The zero-order valence-corrected chi connectivity index (χ0v) is 81.9. The number of rotatable bonds is 29. The molecule has 2 aromatic rings. The van der Waals surface area contributed by atoms with Gasteiger partial charge in [0.2, 0.25) is 0 Å². The molecule has 10 saturated heterocycles. The Morgan fingerprint density at radius 3 is 1.19 bits per heavy atom. The van der Waals surface area contributed by atoms with Gasteiger partial charge in [-0.25, -0.2) is 14.4 Å². The fraction of sp³-hybridized carbons (Fsp3) is 0.805. The molecule has 149 heavy (non-hydrogen) atoms. The fourth-order valence-electron chi connectivity index (χ4n) is 20.1. The van der Waals surface area contributed by atoms with Gasteiger partial charge in [0.25, 0.3) is 11.8 Å². The van der Waals surface area contributed by atoms with Gasteiger partial charge in [0, 0.05) is 79.8 Å². The van der Waals surface area contributed by atoms with Crippen molar-refractivity contribution in [2.45, 2.75) is 377 Å². The first-order chi connectivity index (χ1) is 70.7. The number of aliphatic hydroxyl groups excluding tert-OH is 19. The highest BCUT2D eigenvalue weighted by Crippen LogP contribution is 2.45. The topological polar surface area (TPSA) is 945 Å². The van der Waals surface area contributed by atoms with Crippen LogP contribution >= 0.6 is 0 Å². The molecule has 62 heteroatoms. The number of nitrogens with zero attached hydrogens (tertiary/aromatic N) is 1. The van der Waals surface area contributed by atoms with Crippen molar-refractivity contribution in [1.82, 2.24) is 36.8 Å². The minimum absolute atomic E-state index is 0.0435. The minimum atomic E-state index is -1.75. The van der Waals surface area contributed by atoms with Gasteiger partial charge in [-0.3, -0.25) is 14.5 Å². The van der Waals surface area contributed by atoms with E-state index in [4.69, 9.17) is 137 Å².